The van der Waals surface area contributed by atoms with Gasteiger partial charge in [0.25, 0.3) is 0 Å². The lowest BCUT2D eigenvalue weighted by Gasteiger charge is -2.21. The summed E-state index contributed by atoms with van der Waals surface area (Å²) >= 11 is 6.19. The number of hydrogen-bond acceptors (Lipinski definition) is 3. The van der Waals surface area contributed by atoms with Crippen molar-refractivity contribution in [3.8, 4) is 0 Å². The molecule has 2 amide bonds. The maximum absolute atomic E-state index is 12.4. The Hall–Kier alpha value is -2.40. The summed E-state index contributed by atoms with van der Waals surface area (Å²) in [6.07, 6.45) is 4.09. The Kier molecular flexibility index (Phi) is 6.53. The molecule has 6 heteroatoms. The lowest BCUT2D eigenvalue weighted by molar-refractivity contribution is -0.143. The van der Waals surface area contributed by atoms with Crippen molar-refractivity contribution in [3.63, 3.8) is 0 Å². The van der Waals surface area contributed by atoms with E-state index in [-0.39, 0.29) is 0 Å². The molecule has 0 unspecified atom stereocenters. The molecule has 132 valence electrons. The Balaban J connectivity index is 2.03. The molecule has 1 N–H and O–H groups in total. The maximum Gasteiger partial charge on any atom is 0.313 e. The number of hydrogen-bond donors (Lipinski definition) is 1. The topological polar surface area (TPSA) is 62.3 Å². The Morgan fingerprint density at radius 1 is 1.20 bits per heavy atom. The van der Waals surface area contributed by atoms with Gasteiger partial charge in [0.05, 0.1) is 10.7 Å². The van der Waals surface area contributed by atoms with Crippen LogP contribution < -0.4 is 5.32 Å². The van der Waals surface area contributed by atoms with Crippen LogP contribution in [0.1, 0.15) is 23.6 Å². The molecule has 0 aliphatic carbocycles. The zero-order valence-electron chi connectivity index (χ0n) is 14.7. The molecular formula is C19H22ClN3O2. The van der Waals surface area contributed by atoms with Crippen LogP contribution in [0.5, 0.6) is 0 Å². The van der Waals surface area contributed by atoms with Crippen LogP contribution in [0.25, 0.3) is 0 Å². The van der Waals surface area contributed by atoms with E-state index in [1.54, 1.807) is 18.5 Å². The van der Waals surface area contributed by atoms with Crippen molar-refractivity contribution in [1.82, 2.24) is 9.88 Å². The SMILES string of the molecule is CCN(CCc1ccncc1)C(=O)C(=O)Nc1c(C)cc(C)cc1Cl. The molecule has 1 aromatic carbocycles. The van der Waals surface area contributed by atoms with E-state index in [4.69, 9.17) is 11.6 Å². The van der Waals surface area contributed by atoms with Crippen LogP contribution in [0.3, 0.4) is 0 Å². The van der Waals surface area contributed by atoms with Gasteiger partial charge in [-0.05, 0) is 62.1 Å². The van der Waals surface area contributed by atoms with Crippen molar-refractivity contribution in [1.29, 1.82) is 0 Å². The predicted molar refractivity (Wildman–Crippen MR) is 99.8 cm³/mol. The molecule has 0 saturated carbocycles. The van der Waals surface area contributed by atoms with Gasteiger partial charge >= 0.3 is 11.8 Å². The number of halogens is 1. The van der Waals surface area contributed by atoms with E-state index in [1.165, 1.54) is 4.90 Å². The van der Waals surface area contributed by atoms with E-state index in [1.807, 2.05) is 39.0 Å². The van der Waals surface area contributed by atoms with E-state index < -0.39 is 11.8 Å². The zero-order valence-corrected chi connectivity index (χ0v) is 15.4. The van der Waals surface area contributed by atoms with Crippen LogP contribution in [0.4, 0.5) is 5.69 Å². The number of nitrogens with zero attached hydrogens (tertiary/aromatic N) is 2. The highest BCUT2D eigenvalue weighted by atomic mass is 35.5. The highest BCUT2D eigenvalue weighted by molar-refractivity contribution is 6.41. The number of amides is 2. The number of aromatic nitrogens is 1. The van der Waals surface area contributed by atoms with Crippen molar-refractivity contribution < 1.29 is 9.59 Å². The number of nitrogens with one attached hydrogen (secondary N) is 1. The standard InChI is InChI=1S/C19H22ClN3O2/c1-4-23(10-7-15-5-8-21-9-6-15)19(25)18(24)22-17-14(3)11-13(2)12-16(17)20/h5-6,8-9,11-12H,4,7,10H2,1-3H3,(H,22,24). The second-order valence-electron chi connectivity index (χ2n) is 5.88. The van der Waals surface area contributed by atoms with Gasteiger partial charge in [0.1, 0.15) is 0 Å². The summed E-state index contributed by atoms with van der Waals surface area (Å²) in [5, 5.41) is 3.08. The highest BCUT2D eigenvalue weighted by Crippen LogP contribution is 2.27. The molecule has 1 heterocycles. The van der Waals surface area contributed by atoms with E-state index in [9.17, 15) is 9.59 Å². The summed E-state index contributed by atoms with van der Waals surface area (Å²) in [5.41, 5.74) is 3.38. The minimum Gasteiger partial charge on any atom is -0.334 e. The lowest BCUT2D eigenvalue weighted by atomic mass is 10.1. The molecule has 0 spiro atoms. The van der Waals surface area contributed by atoms with E-state index >= 15 is 0 Å². The van der Waals surface area contributed by atoms with Gasteiger partial charge in [-0.3, -0.25) is 14.6 Å². The summed E-state index contributed by atoms with van der Waals surface area (Å²) in [6.45, 7) is 6.54. The lowest BCUT2D eigenvalue weighted by Crippen LogP contribution is -2.40. The number of rotatable bonds is 5. The highest BCUT2D eigenvalue weighted by Gasteiger charge is 2.22. The molecule has 0 radical (unpaired) electrons. The molecule has 1 aromatic heterocycles. The summed E-state index contributed by atoms with van der Waals surface area (Å²) in [7, 11) is 0. The molecule has 0 atom stereocenters. The van der Waals surface area contributed by atoms with Crippen LogP contribution in [-0.2, 0) is 16.0 Å². The number of carbonyl (C=O) groups excluding carboxylic acids is 2. The minimum absolute atomic E-state index is 0.429. The first kappa shape index (κ1) is 18.9. The molecule has 0 aliphatic rings. The summed E-state index contributed by atoms with van der Waals surface area (Å²) in [6, 6.07) is 7.46. The van der Waals surface area contributed by atoms with E-state index in [0.29, 0.717) is 30.2 Å². The molecule has 0 fully saturated rings. The largest absolute Gasteiger partial charge is 0.334 e. The first-order valence-electron chi connectivity index (χ1n) is 8.18. The fourth-order valence-electron chi connectivity index (χ4n) is 2.60. The monoisotopic (exact) mass is 359 g/mol. The quantitative estimate of drug-likeness (QED) is 0.832. The molecule has 0 bridgehead atoms. The van der Waals surface area contributed by atoms with Crippen LogP contribution in [0.15, 0.2) is 36.7 Å². The van der Waals surface area contributed by atoms with Crippen LogP contribution in [0.2, 0.25) is 5.02 Å². The van der Waals surface area contributed by atoms with Gasteiger partial charge in [0.2, 0.25) is 0 Å². The molecule has 0 saturated heterocycles. The number of carbonyl (C=O) groups is 2. The number of pyridine rings is 1. The van der Waals surface area contributed by atoms with Crippen molar-refractivity contribution >= 4 is 29.1 Å². The second kappa shape index (κ2) is 8.62. The van der Waals surface area contributed by atoms with E-state index in [2.05, 4.69) is 10.3 Å². The van der Waals surface area contributed by atoms with Gasteiger partial charge in [-0.2, -0.15) is 0 Å². The fourth-order valence-corrected chi connectivity index (χ4v) is 2.97. The normalized spacial score (nSPS) is 10.4. The molecule has 25 heavy (non-hydrogen) atoms. The molecular weight excluding hydrogens is 338 g/mol. The van der Waals surface area contributed by atoms with Crippen molar-refractivity contribution in [2.24, 2.45) is 0 Å². The maximum atomic E-state index is 12.4. The Morgan fingerprint density at radius 3 is 2.48 bits per heavy atom. The number of likely N-dealkylation sites (N-methyl/N-ethyl adjacent to an activating group) is 1. The van der Waals surface area contributed by atoms with Gasteiger partial charge < -0.3 is 10.2 Å². The first-order chi connectivity index (χ1) is 11.9. The Morgan fingerprint density at radius 2 is 1.88 bits per heavy atom. The van der Waals surface area contributed by atoms with Crippen molar-refractivity contribution in [2.45, 2.75) is 27.2 Å². The number of aryl methyl sites for hydroxylation is 2. The average molecular weight is 360 g/mol. The van der Waals surface area contributed by atoms with Crippen LogP contribution in [-0.4, -0.2) is 34.8 Å². The summed E-state index contributed by atoms with van der Waals surface area (Å²) in [5.74, 6) is -1.24. The third kappa shape index (κ3) is 5.03. The molecule has 2 rings (SSSR count). The smallest absolute Gasteiger partial charge is 0.313 e. The third-order valence-electron chi connectivity index (χ3n) is 3.95. The number of benzene rings is 1. The Labute approximate surface area is 153 Å². The van der Waals surface area contributed by atoms with Gasteiger partial charge in [0.15, 0.2) is 0 Å². The van der Waals surface area contributed by atoms with Gasteiger partial charge in [-0.15, -0.1) is 0 Å². The molecule has 0 aliphatic heterocycles. The van der Waals surface area contributed by atoms with Gasteiger partial charge in [-0.1, -0.05) is 17.7 Å². The van der Waals surface area contributed by atoms with E-state index in [0.717, 1.165) is 16.7 Å². The summed E-state index contributed by atoms with van der Waals surface area (Å²) < 4.78 is 0. The van der Waals surface area contributed by atoms with Crippen molar-refractivity contribution in [3.05, 3.63) is 58.4 Å². The molecule has 5 nitrogen and oxygen atoms in total. The van der Waals surface area contributed by atoms with Crippen LogP contribution in [0, 0.1) is 13.8 Å². The van der Waals surface area contributed by atoms with Crippen molar-refractivity contribution in [2.75, 3.05) is 18.4 Å². The van der Waals surface area contributed by atoms with Gasteiger partial charge in [-0.25, -0.2) is 0 Å². The molecule has 2 aromatic rings. The third-order valence-corrected chi connectivity index (χ3v) is 4.25. The second-order valence-corrected chi connectivity index (χ2v) is 6.29. The fraction of sp³-hybridized carbons (Fsp3) is 0.316. The Bertz CT molecular complexity index is 740. The van der Waals surface area contributed by atoms with Crippen LogP contribution >= 0.6 is 11.6 Å². The summed E-state index contributed by atoms with van der Waals surface area (Å²) in [4.78, 5) is 30.3. The average Bonchev–Trinajstić information content (AvgIpc) is 2.59. The van der Waals surface area contributed by atoms with Gasteiger partial charge in [0, 0.05) is 25.5 Å². The predicted octanol–water partition coefficient (Wildman–Crippen LogP) is 3.38. The first-order valence-corrected chi connectivity index (χ1v) is 8.56. The number of anilines is 1. The zero-order chi connectivity index (χ0) is 18.4. The minimum atomic E-state index is -0.676.